The number of pyridine rings is 1. The molecule has 0 N–H and O–H groups in total. The molecule has 0 fully saturated rings. The zero-order valence-electron chi connectivity index (χ0n) is 12.6. The fourth-order valence-corrected chi connectivity index (χ4v) is 3.89. The van der Waals surface area contributed by atoms with Gasteiger partial charge >= 0.3 is 0 Å². The van der Waals surface area contributed by atoms with Gasteiger partial charge in [0.25, 0.3) is 0 Å². The third-order valence-corrected chi connectivity index (χ3v) is 5.39. The average Bonchev–Trinajstić information content (AvgIpc) is 2.82. The SMILES string of the molecule is CCS(=O)c1c(Cl)cccc1-c1nc2cc(C)cnc2n1C. The van der Waals surface area contributed by atoms with Crippen molar-refractivity contribution >= 4 is 33.6 Å². The summed E-state index contributed by atoms with van der Waals surface area (Å²) in [5, 5.41) is 0.508. The highest BCUT2D eigenvalue weighted by Crippen LogP contribution is 2.32. The molecule has 0 bridgehead atoms. The summed E-state index contributed by atoms with van der Waals surface area (Å²) in [7, 11) is 0.755. The molecule has 0 amide bonds. The van der Waals surface area contributed by atoms with Crippen LogP contribution >= 0.6 is 11.6 Å². The number of nitrogens with zero attached hydrogens (tertiary/aromatic N) is 3. The minimum absolute atomic E-state index is 0.508. The van der Waals surface area contributed by atoms with Gasteiger partial charge in [0.05, 0.1) is 20.7 Å². The van der Waals surface area contributed by atoms with Crippen LogP contribution in [-0.4, -0.2) is 24.5 Å². The molecular weight excluding hydrogens is 318 g/mol. The molecule has 0 radical (unpaired) electrons. The second-order valence-electron chi connectivity index (χ2n) is 5.10. The Morgan fingerprint density at radius 1 is 1.36 bits per heavy atom. The van der Waals surface area contributed by atoms with Crippen molar-refractivity contribution in [1.82, 2.24) is 14.5 Å². The van der Waals surface area contributed by atoms with E-state index in [1.54, 1.807) is 6.07 Å². The Labute approximate surface area is 136 Å². The number of fused-ring (bicyclic) bond motifs is 1. The Hall–Kier alpha value is -1.72. The van der Waals surface area contributed by atoms with Crippen LogP contribution in [0.5, 0.6) is 0 Å². The number of benzene rings is 1. The second kappa shape index (κ2) is 5.82. The van der Waals surface area contributed by atoms with E-state index in [4.69, 9.17) is 11.6 Å². The van der Waals surface area contributed by atoms with Crippen LogP contribution in [0.25, 0.3) is 22.6 Å². The summed E-state index contributed by atoms with van der Waals surface area (Å²) in [5.41, 5.74) is 3.48. The first-order valence-electron chi connectivity index (χ1n) is 6.99. The van der Waals surface area contributed by atoms with Crippen molar-refractivity contribution in [2.45, 2.75) is 18.7 Å². The number of aryl methyl sites for hydroxylation is 2. The molecule has 0 aliphatic rings. The Balaban J connectivity index is 2.30. The molecule has 2 aromatic heterocycles. The molecule has 0 saturated carbocycles. The lowest BCUT2D eigenvalue weighted by atomic mass is 10.2. The lowest BCUT2D eigenvalue weighted by Gasteiger charge is -2.10. The number of imidazole rings is 1. The van der Waals surface area contributed by atoms with Gasteiger partial charge in [0, 0.05) is 24.6 Å². The van der Waals surface area contributed by atoms with E-state index in [0.717, 1.165) is 28.1 Å². The summed E-state index contributed by atoms with van der Waals surface area (Å²) in [6.45, 7) is 3.86. The molecule has 0 aliphatic carbocycles. The summed E-state index contributed by atoms with van der Waals surface area (Å²) in [6, 6.07) is 7.51. The average molecular weight is 334 g/mol. The monoisotopic (exact) mass is 333 g/mol. The largest absolute Gasteiger partial charge is 0.312 e. The van der Waals surface area contributed by atoms with Gasteiger partial charge in [0.1, 0.15) is 11.3 Å². The molecule has 1 unspecified atom stereocenters. The van der Waals surface area contributed by atoms with Crippen LogP contribution < -0.4 is 0 Å². The van der Waals surface area contributed by atoms with Crippen LogP contribution in [0.2, 0.25) is 5.02 Å². The number of hydrogen-bond acceptors (Lipinski definition) is 3. The van der Waals surface area contributed by atoms with Gasteiger partial charge in [-0.05, 0) is 30.7 Å². The summed E-state index contributed by atoms with van der Waals surface area (Å²) in [6.07, 6.45) is 1.82. The standard InChI is InChI=1S/C16H16ClN3OS/c1-4-22(21)14-11(6-5-7-12(14)17)15-19-13-8-10(2)9-18-16(13)20(15)3/h5-9H,4H2,1-3H3. The maximum Gasteiger partial charge on any atom is 0.160 e. The van der Waals surface area contributed by atoms with Gasteiger partial charge in [-0.1, -0.05) is 24.6 Å². The molecule has 0 saturated heterocycles. The molecule has 0 aliphatic heterocycles. The first kappa shape index (κ1) is 15.2. The number of aromatic nitrogens is 3. The van der Waals surface area contributed by atoms with Crippen LogP contribution in [0.4, 0.5) is 0 Å². The molecule has 22 heavy (non-hydrogen) atoms. The topological polar surface area (TPSA) is 47.8 Å². The van der Waals surface area contributed by atoms with Crippen molar-refractivity contribution in [2.24, 2.45) is 7.05 Å². The highest BCUT2D eigenvalue weighted by Gasteiger charge is 2.19. The quantitative estimate of drug-likeness (QED) is 0.733. The molecular formula is C16H16ClN3OS. The van der Waals surface area contributed by atoms with E-state index in [9.17, 15) is 4.21 Å². The molecule has 114 valence electrons. The third kappa shape index (κ3) is 2.44. The van der Waals surface area contributed by atoms with E-state index in [1.165, 1.54) is 0 Å². The van der Waals surface area contributed by atoms with Crippen molar-refractivity contribution in [3.63, 3.8) is 0 Å². The van der Waals surface area contributed by atoms with Crippen molar-refractivity contribution in [3.05, 3.63) is 41.0 Å². The lowest BCUT2D eigenvalue weighted by molar-refractivity contribution is 0.684. The summed E-state index contributed by atoms with van der Waals surface area (Å²) < 4.78 is 14.3. The minimum atomic E-state index is -1.15. The Bertz CT molecular complexity index is 888. The van der Waals surface area contributed by atoms with Crippen LogP contribution in [-0.2, 0) is 17.8 Å². The van der Waals surface area contributed by atoms with Gasteiger partial charge in [-0.25, -0.2) is 9.97 Å². The Morgan fingerprint density at radius 3 is 2.86 bits per heavy atom. The first-order chi connectivity index (χ1) is 10.5. The highest BCUT2D eigenvalue weighted by molar-refractivity contribution is 7.85. The van der Waals surface area contributed by atoms with Crippen LogP contribution in [0.1, 0.15) is 12.5 Å². The molecule has 0 spiro atoms. The predicted octanol–water partition coefficient (Wildman–Crippen LogP) is 3.72. The zero-order chi connectivity index (χ0) is 15.9. The molecule has 3 aromatic rings. The first-order valence-corrected chi connectivity index (χ1v) is 8.69. The maximum absolute atomic E-state index is 12.4. The van der Waals surface area contributed by atoms with Gasteiger partial charge in [-0.15, -0.1) is 0 Å². The van der Waals surface area contributed by atoms with E-state index in [2.05, 4.69) is 9.97 Å². The molecule has 2 heterocycles. The fourth-order valence-electron chi connectivity index (χ4n) is 2.48. The van der Waals surface area contributed by atoms with Gasteiger partial charge in [-0.2, -0.15) is 0 Å². The van der Waals surface area contributed by atoms with E-state index >= 15 is 0 Å². The van der Waals surface area contributed by atoms with Crippen molar-refractivity contribution in [2.75, 3.05) is 5.75 Å². The highest BCUT2D eigenvalue weighted by atomic mass is 35.5. The zero-order valence-corrected chi connectivity index (χ0v) is 14.2. The molecule has 1 atom stereocenters. The van der Waals surface area contributed by atoms with Gasteiger partial charge in [0.2, 0.25) is 0 Å². The van der Waals surface area contributed by atoms with Gasteiger partial charge < -0.3 is 4.57 Å². The van der Waals surface area contributed by atoms with Gasteiger partial charge in [-0.3, -0.25) is 4.21 Å². The van der Waals surface area contributed by atoms with Crippen molar-refractivity contribution in [3.8, 4) is 11.4 Å². The smallest absolute Gasteiger partial charge is 0.160 e. The van der Waals surface area contributed by atoms with Crippen LogP contribution in [0.15, 0.2) is 35.4 Å². The number of hydrogen-bond donors (Lipinski definition) is 0. The van der Waals surface area contributed by atoms with Crippen molar-refractivity contribution < 1.29 is 4.21 Å². The van der Waals surface area contributed by atoms with Crippen LogP contribution in [0.3, 0.4) is 0 Å². The molecule has 6 heteroatoms. The third-order valence-electron chi connectivity index (χ3n) is 3.54. The van der Waals surface area contributed by atoms with Gasteiger partial charge in [0.15, 0.2) is 5.65 Å². The van der Waals surface area contributed by atoms with E-state index in [0.29, 0.717) is 15.7 Å². The minimum Gasteiger partial charge on any atom is -0.312 e. The van der Waals surface area contributed by atoms with E-state index in [-0.39, 0.29) is 0 Å². The molecule has 4 nitrogen and oxygen atoms in total. The predicted molar refractivity (Wildman–Crippen MR) is 90.6 cm³/mol. The fraction of sp³-hybridized carbons (Fsp3) is 0.250. The molecule has 3 rings (SSSR count). The lowest BCUT2D eigenvalue weighted by Crippen LogP contribution is -2.02. The van der Waals surface area contributed by atoms with E-state index < -0.39 is 10.8 Å². The number of halogens is 1. The second-order valence-corrected chi connectivity index (χ2v) is 7.18. The summed E-state index contributed by atoms with van der Waals surface area (Å²) in [5.74, 6) is 1.24. The Kier molecular flexibility index (Phi) is 4.02. The van der Waals surface area contributed by atoms with Crippen molar-refractivity contribution in [1.29, 1.82) is 0 Å². The maximum atomic E-state index is 12.4. The summed E-state index contributed by atoms with van der Waals surface area (Å²) >= 11 is 6.28. The van der Waals surface area contributed by atoms with E-state index in [1.807, 2.05) is 49.9 Å². The van der Waals surface area contributed by atoms with Crippen LogP contribution in [0, 0.1) is 6.92 Å². The normalized spacial score (nSPS) is 12.7. The Morgan fingerprint density at radius 2 is 2.14 bits per heavy atom. The number of rotatable bonds is 3. The summed E-state index contributed by atoms with van der Waals surface area (Å²) in [4.78, 5) is 9.74. The molecule has 1 aromatic carbocycles.